The number of hydrogen-bond donors (Lipinski definition) is 1. The molecule has 0 aliphatic carbocycles. The SMILES string of the molecule is Cc1cc(CSC2=NCC(C)(C)CN2)no1. The molecule has 1 aliphatic rings. The number of nitrogens with one attached hydrogen (secondary N) is 1. The van der Waals surface area contributed by atoms with Gasteiger partial charge in [-0.15, -0.1) is 0 Å². The van der Waals surface area contributed by atoms with E-state index in [1.165, 1.54) is 0 Å². The molecule has 4 nitrogen and oxygen atoms in total. The Kier molecular flexibility index (Phi) is 3.23. The van der Waals surface area contributed by atoms with Crippen molar-refractivity contribution in [1.82, 2.24) is 10.5 Å². The van der Waals surface area contributed by atoms with Crippen LogP contribution in [0.25, 0.3) is 0 Å². The van der Waals surface area contributed by atoms with Crippen LogP contribution >= 0.6 is 11.8 Å². The third-order valence-corrected chi connectivity index (χ3v) is 3.39. The van der Waals surface area contributed by atoms with Gasteiger partial charge in [-0.05, 0) is 6.92 Å². The van der Waals surface area contributed by atoms with Crippen LogP contribution in [0.2, 0.25) is 0 Å². The summed E-state index contributed by atoms with van der Waals surface area (Å²) in [6.07, 6.45) is 0. The van der Waals surface area contributed by atoms with Crippen molar-refractivity contribution in [2.75, 3.05) is 13.1 Å². The van der Waals surface area contributed by atoms with Crippen LogP contribution in [0.1, 0.15) is 25.3 Å². The second-order valence-electron chi connectivity index (χ2n) is 4.86. The average Bonchev–Trinajstić information content (AvgIpc) is 2.63. The van der Waals surface area contributed by atoms with Gasteiger partial charge in [0.05, 0.1) is 5.69 Å². The van der Waals surface area contributed by atoms with Crippen LogP contribution in [0.4, 0.5) is 0 Å². The molecular formula is C11H17N3OS. The lowest BCUT2D eigenvalue weighted by Crippen LogP contribution is -2.39. The van der Waals surface area contributed by atoms with Crippen LogP contribution in [0.5, 0.6) is 0 Å². The van der Waals surface area contributed by atoms with Crippen molar-refractivity contribution in [2.24, 2.45) is 10.4 Å². The van der Waals surface area contributed by atoms with Crippen LogP contribution < -0.4 is 5.32 Å². The minimum atomic E-state index is 0.272. The third kappa shape index (κ3) is 3.01. The lowest BCUT2D eigenvalue weighted by atomic mass is 9.93. The molecule has 5 heteroatoms. The molecule has 16 heavy (non-hydrogen) atoms. The summed E-state index contributed by atoms with van der Waals surface area (Å²) in [6.45, 7) is 8.20. The van der Waals surface area contributed by atoms with Gasteiger partial charge in [-0.3, -0.25) is 4.99 Å². The van der Waals surface area contributed by atoms with Crippen molar-refractivity contribution in [3.05, 3.63) is 17.5 Å². The molecule has 2 rings (SSSR count). The van der Waals surface area contributed by atoms with Gasteiger partial charge in [0.1, 0.15) is 5.76 Å². The van der Waals surface area contributed by atoms with Crippen LogP contribution in [0.3, 0.4) is 0 Å². The number of amidine groups is 1. The number of rotatable bonds is 2. The molecule has 0 bridgehead atoms. The smallest absolute Gasteiger partial charge is 0.156 e. The first kappa shape index (κ1) is 11.5. The van der Waals surface area contributed by atoms with E-state index in [2.05, 4.69) is 29.3 Å². The second kappa shape index (κ2) is 4.49. The Hall–Kier alpha value is -0.970. The molecule has 0 spiro atoms. The predicted octanol–water partition coefficient (Wildman–Crippen LogP) is 2.20. The van der Waals surface area contributed by atoms with Gasteiger partial charge in [-0.2, -0.15) is 0 Å². The minimum Gasteiger partial charge on any atom is -0.364 e. The lowest BCUT2D eigenvalue weighted by Gasteiger charge is -2.28. The van der Waals surface area contributed by atoms with E-state index in [-0.39, 0.29) is 5.41 Å². The highest BCUT2D eigenvalue weighted by atomic mass is 32.2. The van der Waals surface area contributed by atoms with E-state index in [9.17, 15) is 0 Å². The Balaban J connectivity index is 1.85. The molecule has 0 saturated heterocycles. The van der Waals surface area contributed by atoms with E-state index in [0.29, 0.717) is 0 Å². The molecule has 0 radical (unpaired) electrons. The fraction of sp³-hybridized carbons (Fsp3) is 0.636. The van der Waals surface area contributed by atoms with Gasteiger partial charge >= 0.3 is 0 Å². The van der Waals surface area contributed by atoms with Crippen LogP contribution in [-0.4, -0.2) is 23.4 Å². The molecule has 88 valence electrons. The molecule has 0 amide bonds. The Bertz CT molecular complexity index is 398. The Morgan fingerprint density at radius 2 is 2.38 bits per heavy atom. The summed E-state index contributed by atoms with van der Waals surface area (Å²) in [5.74, 6) is 1.67. The molecule has 1 N–H and O–H groups in total. The summed E-state index contributed by atoms with van der Waals surface area (Å²) in [7, 11) is 0. The summed E-state index contributed by atoms with van der Waals surface area (Å²) in [4.78, 5) is 4.51. The average molecular weight is 239 g/mol. The van der Waals surface area contributed by atoms with Crippen LogP contribution in [0, 0.1) is 12.3 Å². The van der Waals surface area contributed by atoms with Crippen molar-refractivity contribution in [2.45, 2.75) is 26.5 Å². The van der Waals surface area contributed by atoms with Gasteiger partial charge in [-0.1, -0.05) is 30.8 Å². The zero-order chi connectivity index (χ0) is 11.6. The van der Waals surface area contributed by atoms with E-state index in [0.717, 1.165) is 35.5 Å². The van der Waals surface area contributed by atoms with E-state index in [4.69, 9.17) is 4.52 Å². The number of nitrogens with zero attached hydrogens (tertiary/aromatic N) is 2. The third-order valence-electron chi connectivity index (χ3n) is 2.40. The molecule has 1 aromatic rings. The van der Waals surface area contributed by atoms with Gasteiger partial charge in [-0.25, -0.2) is 0 Å². The molecule has 2 heterocycles. The zero-order valence-electron chi connectivity index (χ0n) is 9.91. The van der Waals surface area contributed by atoms with Crippen LogP contribution in [0.15, 0.2) is 15.6 Å². The highest BCUT2D eigenvalue weighted by molar-refractivity contribution is 8.13. The van der Waals surface area contributed by atoms with E-state index in [1.54, 1.807) is 11.8 Å². The fourth-order valence-corrected chi connectivity index (χ4v) is 2.19. The monoisotopic (exact) mass is 239 g/mol. The number of aryl methyl sites for hydroxylation is 1. The highest BCUT2D eigenvalue weighted by Gasteiger charge is 2.22. The van der Waals surface area contributed by atoms with Gasteiger partial charge < -0.3 is 9.84 Å². The van der Waals surface area contributed by atoms with Crippen LogP contribution in [-0.2, 0) is 5.75 Å². The maximum absolute atomic E-state index is 5.01. The summed E-state index contributed by atoms with van der Waals surface area (Å²) in [6, 6.07) is 1.96. The van der Waals surface area contributed by atoms with Gasteiger partial charge in [0.15, 0.2) is 5.17 Å². The quantitative estimate of drug-likeness (QED) is 0.859. The van der Waals surface area contributed by atoms with Gasteiger partial charge in [0.25, 0.3) is 0 Å². The standard InChI is InChI=1S/C11H17N3OS/c1-8-4-9(14-15-8)5-16-10-12-6-11(2,3)7-13-10/h4H,5-7H2,1-3H3,(H,12,13). The van der Waals surface area contributed by atoms with E-state index in [1.807, 2.05) is 13.0 Å². The Labute approximate surface area is 99.9 Å². The first-order valence-electron chi connectivity index (χ1n) is 5.38. The Morgan fingerprint density at radius 3 is 2.94 bits per heavy atom. The first-order chi connectivity index (χ1) is 7.55. The molecule has 0 aromatic carbocycles. The van der Waals surface area contributed by atoms with Crippen molar-refractivity contribution >= 4 is 16.9 Å². The molecule has 1 aliphatic heterocycles. The largest absolute Gasteiger partial charge is 0.364 e. The first-order valence-corrected chi connectivity index (χ1v) is 6.37. The maximum Gasteiger partial charge on any atom is 0.156 e. The molecular weight excluding hydrogens is 222 g/mol. The number of aromatic nitrogens is 1. The fourth-order valence-electron chi connectivity index (χ4n) is 1.44. The summed E-state index contributed by atoms with van der Waals surface area (Å²) in [5.41, 5.74) is 1.24. The van der Waals surface area contributed by atoms with Crippen molar-refractivity contribution in [3.63, 3.8) is 0 Å². The Morgan fingerprint density at radius 1 is 1.56 bits per heavy atom. The highest BCUT2D eigenvalue weighted by Crippen LogP contribution is 2.21. The van der Waals surface area contributed by atoms with E-state index >= 15 is 0 Å². The van der Waals surface area contributed by atoms with Gasteiger partial charge in [0, 0.05) is 30.3 Å². The maximum atomic E-state index is 5.01. The minimum absolute atomic E-state index is 0.272. The van der Waals surface area contributed by atoms with Crippen molar-refractivity contribution in [3.8, 4) is 0 Å². The number of aliphatic imine (C=N–C) groups is 1. The van der Waals surface area contributed by atoms with Crippen molar-refractivity contribution < 1.29 is 4.52 Å². The molecule has 0 fully saturated rings. The topological polar surface area (TPSA) is 50.4 Å². The summed E-state index contributed by atoms with van der Waals surface area (Å²) < 4.78 is 5.01. The molecule has 1 aromatic heterocycles. The lowest BCUT2D eigenvalue weighted by molar-refractivity contribution is 0.364. The molecule has 0 atom stereocenters. The van der Waals surface area contributed by atoms with Gasteiger partial charge in [0.2, 0.25) is 0 Å². The second-order valence-corrected chi connectivity index (χ2v) is 5.82. The number of thioether (sulfide) groups is 1. The number of hydrogen-bond acceptors (Lipinski definition) is 5. The van der Waals surface area contributed by atoms with Crippen molar-refractivity contribution in [1.29, 1.82) is 0 Å². The molecule has 0 unspecified atom stereocenters. The molecule has 0 saturated carbocycles. The predicted molar refractivity (Wildman–Crippen MR) is 66.6 cm³/mol. The zero-order valence-corrected chi connectivity index (χ0v) is 10.7. The normalized spacial score (nSPS) is 19.1. The van der Waals surface area contributed by atoms with E-state index < -0.39 is 0 Å². The summed E-state index contributed by atoms with van der Waals surface area (Å²) in [5, 5.41) is 8.31. The summed E-state index contributed by atoms with van der Waals surface area (Å²) >= 11 is 1.68.